The van der Waals surface area contributed by atoms with Gasteiger partial charge in [-0.2, -0.15) is 10.1 Å². The molecule has 2 aliphatic carbocycles. The Morgan fingerprint density at radius 1 is 1.14 bits per heavy atom. The van der Waals surface area contributed by atoms with Crippen molar-refractivity contribution in [3.05, 3.63) is 62.8 Å². The fraction of sp³-hybridized carbons (Fsp3) is 0.280. The number of rotatable bonds is 7. The number of hydrogen-bond acceptors (Lipinski definition) is 6. The van der Waals surface area contributed by atoms with E-state index in [9.17, 15) is 18.8 Å². The standard InChI is InChI=1S/C25H20Br2FN3O5/c1-35-17-9-14(10-29-31-24(33)19-12-2-3-13(8-12)20(19)25(31)34)21(26)22(27)23(17)36-11-18(32)30-16-6-4-15(28)5-7-16/h2-7,9-10,12-13,19-20H,8,11H2,1H3,(H,30,32)/t12-,13-,19-,20+/m0/s1. The van der Waals surface area contributed by atoms with E-state index in [1.54, 1.807) is 6.07 Å². The van der Waals surface area contributed by atoms with Crippen LogP contribution in [0.3, 0.4) is 0 Å². The number of nitrogens with zero attached hydrogens (tertiary/aromatic N) is 2. The van der Waals surface area contributed by atoms with Crippen LogP contribution in [0.5, 0.6) is 11.5 Å². The zero-order valence-corrected chi connectivity index (χ0v) is 22.1. The third-order valence-electron chi connectivity index (χ3n) is 6.61. The lowest BCUT2D eigenvalue weighted by Gasteiger charge is -2.16. The minimum atomic E-state index is -0.447. The maximum absolute atomic E-state index is 13.1. The van der Waals surface area contributed by atoms with Crippen molar-refractivity contribution in [2.45, 2.75) is 6.42 Å². The molecule has 0 aromatic heterocycles. The number of imide groups is 1. The Balaban J connectivity index is 1.30. The van der Waals surface area contributed by atoms with Crippen molar-refractivity contribution in [2.24, 2.45) is 28.8 Å². The molecule has 1 aliphatic heterocycles. The molecular weight excluding hydrogens is 601 g/mol. The summed E-state index contributed by atoms with van der Waals surface area (Å²) >= 11 is 6.92. The zero-order valence-electron chi connectivity index (χ0n) is 18.9. The number of ether oxygens (including phenoxy) is 2. The molecule has 1 saturated heterocycles. The van der Waals surface area contributed by atoms with E-state index in [0.29, 0.717) is 25.9 Å². The summed E-state index contributed by atoms with van der Waals surface area (Å²) in [5, 5.41) is 7.80. The number of anilines is 1. The minimum Gasteiger partial charge on any atom is -0.493 e. The molecule has 5 rings (SSSR count). The molecule has 2 aromatic rings. The molecule has 2 bridgehead atoms. The maximum atomic E-state index is 13.1. The van der Waals surface area contributed by atoms with Crippen molar-refractivity contribution < 1.29 is 28.2 Å². The smallest absolute Gasteiger partial charge is 0.262 e. The first-order chi connectivity index (χ1) is 17.3. The normalized spacial score (nSPS) is 24.1. The van der Waals surface area contributed by atoms with Crippen LogP contribution < -0.4 is 14.8 Å². The van der Waals surface area contributed by atoms with Crippen molar-refractivity contribution in [1.82, 2.24) is 5.01 Å². The van der Waals surface area contributed by atoms with Crippen LogP contribution in [0.25, 0.3) is 0 Å². The molecule has 36 heavy (non-hydrogen) atoms. The number of methoxy groups -OCH3 is 1. The predicted octanol–water partition coefficient (Wildman–Crippen LogP) is 4.52. The lowest BCUT2D eigenvalue weighted by molar-refractivity contribution is -0.140. The maximum Gasteiger partial charge on any atom is 0.262 e. The SMILES string of the molecule is COc1cc(C=NN2C(=O)[C@@H]3[C@H](C2=O)[C@H]2C=C[C@H]3C2)c(Br)c(Br)c1OCC(=O)Nc1ccc(F)cc1. The average Bonchev–Trinajstić information content (AvgIpc) is 3.55. The first kappa shape index (κ1) is 24.6. The van der Waals surface area contributed by atoms with E-state index in [0.717, 1.165) is 11.4 Å². The fourth-order valence-corrected chi connectivity index (χ4v) is 5.91. The van der Waals surface area contributed by atoms with Crippen LogP contribution in [0.15, 0.2) is 56.5 Å². The Hall–Kier alpha value is -3.05. The molecule has 11 heteroatoms. The van der Waals surface area contributed by atoms with Crippen LogP contribution in [0, 0.1) is 29.5 Å². The van der Waals surface area contributed by atoms with Gasteiger partial charge in [-0.25, -0.2) is 4.39 Å². The van der Waals surface area contributed by atoms with Gasteiger partial charge in [0.15, 0.2) is 18.1 Å². The molecule has 1 heterocycles. The molecule has 2 fully saturated rings. The molecule has 3 amide bonds. The number of halogens is 3. The number of hydrogen-bond donors (Lipinski definition) is 1. The summed E-state index contributed by atoms with van der Waals surface area (Å²) in [6, 6.07) is 6.98. The molecule has 1 N–H and O–H groups in total. The summed E-state index contributed by atoms with van der Waals surface area (Å²) in [4.78, 5) is 38.0. The molecule has 2 aromatic carbocycles. The Morgan fingerprint density at radius 2 is 1.78 bits per heavy atom. The third kappa shape index (κ3) is 4.34. The van der Waals surface area contributed by atoms with Crippen molar-refractivity contribution in [3.63, 3.8) is 0 Å². The van der Waals surface area contributed by atoms with Gasteiger partial charge in [0.2, 0.25) is 0 Å². The van der Waals surface area contributed by atoms with Crippen LogP contribution in [0.4, 0.5) is 10.1 Å². The van der Waals surface area contributed by atoms with E-state index in [4.69, 9.17) is 9.47 Å². The zero-order chi connectivity index (χ0) is 25.6. The van der Waals surface area contributed by atoms with Crippen LogP contribution in [-0.2, 0) is 14.4 Å². The lowest BCUT2D eigenvalue weighted by Crippen LogP contribution is -2.28. The van der Waals surface area contributed by atoms with Crippen LogP contribution in [0.2, 0.25) is 0 Å². The highest BCUT2D eigenvalue weighted by molar-refractivity contribution is 9.13. The number of carbonyl (C=O) groups excluding carboxylic acids is 3. The molecule has 186 valence electrons. The van der Waals surface area contributed by atoms with Crippen molar-refractivity contribution in [2.75, 3.05) is 19.0 Å². The van der Waals surface area contributed by atoms with Crippen LogP contribution >= 0.6 is 31.9 Å². The van der Waals surface area contributed by atoms with Gasteiger partial charge >= 0.3 is 0 Å². The van der Waals surface area contributed by atoms with E-state index < -0.39 is 11.7 Å². The van der Waals surface area contributed by atoms with Gasteiger partial charge in [0.05, 0.1) is 29.6 Å². The molecule has 0 unspecified atom stereocenters. The first-order valence-electron chi connectivity index (χ1n) is 11.1. The monoisotopic (exact) mass is 619 g/mol. The largest absolute Gasteiger partial charge is 0.493 e. The van der Waals surface area contributed by atoms with Gasteiger partial charge in [-0.15, -0.1) is 0 Å². The molecule has 3 aliphatic rings. The summed E-state index contributed by atoms with van der Waals surface area (Å²) in [5.41, 5.74) is 0.961. The van der Waals surface area contributed by atoms with E-state index in [1.165, 1.54) is 37.6 Å². The Kier molecular flexibility index (Phi) is 6.69. The van der Waals surface area contributed by atoms with Gasteiger partial charge in [-0.3, -0.25) is 14.4 Å². The summed E-state index contributed by atoms with van der Waals surface area (Å²) in [7, 11) is 1.44. The van der Waals surface area contributed by atoms with Gasteiger partial charge < -0.3 is 14.8 Å². The van der Waals surface area contributed by atoms with Crippen molar-refractivity contribution in [3.8, 4) is 11.5 Å². The Labute approximate surface area is 222 Å². The predicted molar refractivity (Wildman–Crippen MR) is 136 cm³/mol. The van der Waals surface area contributed by atoms with Crippen molar-refractivity contribution >= 4 is 61.5 Å². The summed E-state index contributed by atoms with van der Waals surface area (Å²) in [6.45, 7) is -0.331. The fourth-order valence-electron chi connectivity index (χ4n) is 4.97. The van der Waals surface area contributed by atoms with Gasteiger partial charge in [-0.1, -0.05) is 12.2 Å². The van der Waals surface area contributed by atoms with E-state index in [-0.39, 0.29) is 47.8 Å². The first-order valence-corrected chi connectivity index (χ1v) is 12.7. The van der Waals surface area contributed by atoms with Gasteiger partial charge in [-0.05, 0) is 80.4 Å². The molecule has 4 atom stereocenters. The highest BCUT2D eigenvalue weighted by atomic mass is 79.9. The number of amides is 3. The van der Waals surface area contributed by atoms with Crippen LogP contribution in [0.1, 0.15) is 12.0 Å². The number of fused-ring (bicyclic) bond motifs is 5. The summed E-state index contributed by atoms with van der Waals surface area (Å²) in [6.07, 6.45) is 6.32. The summed E-state index contributed by atoms with van der Waals surface area (Å²) in [5.74, 6) is -1.27. The number of carbonyl (C=O) groups is 3. The number of nitrogens with one attached hydrogen (secondary N) is 1. The van der Waals surface area contributed by atoms with E-state index in [1.807, 2.05) is 12.2 Å². The second-order valence-corrected chi connectivity index (χ2v) is 10.3. The van der Waals surface area contributed by atoms with Crippen LogP contribution in [-0.4, -0.2) is 42.7 Å². The minimum absolute atomic E-state index is 0.106. The molecular formula is C25H20Br2FN3O5. The van der Waals surface area contributed by atoms with Gasteiger partial charge in [0, 0.05) is 15.7 Å². The lowest BCUT2D eigenvalue weighted by atomic mass is 9.85. The number of hydrazone groups is 1. The molecule has 8 nitrogen and oxygen atoms in total. The number of benzene rings is 2. The second kappa shape index (κ2) is 9.78. The summed E-state index contributed by atoms with van der Waals surface area (Å²) < 4.78 is 25.2. The highest BCUT2D eigenvalue weighted by Gasteiger charge is 2.59. The van der Waals surface area contributed by atoms with E-state index >= 15 is 0 Å². The van der Waals surface area contributed by atoms with Crippen molar-refractivity contribution in [1.29, 1.82) is 0 Å². The molecule has 0 radical (unpaired) electrons. The second-order valence-electron chi connectivity index (χ2n) is 8.70. The number of allylic oxidation sites excluding steroid dienone is 2. The Morgan fingerprint density at radius 3 is 2.39 bits per heavy atom. The quantitative estimate of drug-likeness (QED) is 0.279. The Bertz CT molecular complexity index is 1280. The average molecular weight is 621 g/mol. The van der Waals surface area contributed by atoms with Gasteiger partial charge in [0.1, 0.15) is 5.82 Å². The topological polar surface area (TPSA) is 97.3 Å². The molecule has 1 saturated carbocycles. The van der Waals surface area contributed by atoms with Gasteiger partial charge in [0.25, 0.3) is 17.7 Å². The molecule has 0 spiro atoms. The highest BCUT2D eigenvalue weighted by Crippen LogP contribution is 2.52. The third-order valence-corrected chi connectivity index (χ3v) is 8.75. The van der Waals surface area contributed by atoms with E-state index in [2.05, 4.69) is 42.3 Å².